The van der Waals surface area contributed by atoms with Crippen LogP contribution in [0.1, 0.15) is 5.56 Å². The molecular weight excluding hydrogens is 402 g/mol. The van der Waals surface area contributed by atoms with Crippen molar-refractivity contribution in [3.8, 4) is 5.69 Å². The van der Waals surface area contributed by atoms with Crippen molar-refractivity contribution in [2.45, 2.75) is 6.18 Å². The number of alkyl halides is 3. The summed E-state index contributed by atoms with van der Waals surface area (Å²) in [6, 6.07) is 11.1. The topological polar surface area (TPSA) is 71.8 Å². The normalized spacial score (nSPS) is 11.5. The number of pyridine rings is 1. The van der Waals surface area contributed by atoms with Crippen LogP contribution in [0, 0.1) is 5.82 Å². The van der Waals surface area contributed by atoms with Crippen molar-refractivity contribution in [1.82, 2.24) is 14.8 Å². The Morgan fingerprint density at radius 2 is 1.73 bits per heavy atom. The number of aromatic nitrogens is 3. The summed E-state index contributed by atoms with van der Waals surface area (Å²) in [4.78, 5) is 16.4. The van der Waals surface area contributed by atoms with E-state index in [4.69, 9.17) is 0 Å². The van der Waals surface area contributed by atoms with Crippen LogP contribution in [0.4, 0.5) is 33.9 Å². The molecule has 4 rings (SSSR count). The van der Waals surface area contributed by atoms with E-state index >= 15 is 0 Å². The first-order valence-corrected chi connectivity index (χ1v) is 8.66. The Labute approximate surface area is 167 Å². The third-order valence-electron chi connectivity index (χ3n) is 4.28. The van der Waals surface area contributed by atoms with E-state index in [0.29, 0.717) is 16.6 Å². The lowest BCUT2D eigenvalue weighted by Crippen LogP contribution is -2.21. The van der Waals surface area contributed by atoms with Crippen LogP contribution in [-0.2, 0) is 6.18 Å². The summed E-state index contributed by atoms with van der Waals surface area (Å²) < 4.78 is 53.3. The smallest absolute Gasteiger partial charge is 0.308 e. The van der Waals surface area contributed by atoms with Crippen LogP contribution in [0.2, 0.25) is 0 Å². The first kappa shape index (κ1) is 19.4. The van der Waals surface area contributed by atoms with Crippen LogP contribution in [0.5, 0.6) is 0 Å². The minimum absolute atomic E-state index is 0.135. The fraction of sp³-hybridized carbons (Fsp3) is 0.0500. The molecule has 0 aliphatic carbocycles. The highest BCUT2D eigenvalue weighted by molar-refractivity contribution is 6.00. The van der Waals surface area contributed by atoms with Gasteiger partial charge in [-0.1, -0.05) is 6.07 Å². The molecule has 2 aromatic carbocycles. The van der Waals surface area contributed by atoms with Gasteiger partial charge in [0.25, 0.3) is 0 Å². The van der Waals surface area contributed by atoms with Crippen LogP contribution in [0.15, 0.2) is 67.0 Å². The van der Waals surface area contributed by atoms with Gasteiger partial charge in [0, 0.05) is 11.9 Å². The fourth-order valence-corrected chi connectivity index (χ4v) is 2.88. The summed E-state index contributed by atoms with van der Waals surface area (Å²) >= 11 is 0. The van der Waals surface area contributed by atoms with Gasteiger partial charge >= 0.3 is 12.2 Å². The molecule has 0 radical (unpaired) electrons. The van der Waals surface area contributed by atoms with Crippen LogP contribution >= 0.6 is 0 Å². The Bertz CT molecular complexity index is 1220. The van der Waals surface area contributed by atoms with Gasteiger partial charge in [0.1, 0.15) is 11.5 Å². The highest BCUT2D eigenvalue weighted by Crippen LogP contribution is 2.30. The number of amides is 2. The zero-order valence-corrected chi connectivity index (χ0v) is 15.1. The minimum Gasteiger partial charge on any atom is -0.308 e. The van der Waals surface area contributed by atoms with Gasteiger partial charge in [-0.25, -0.2) is 18.9 Å². The molecule has 2 N–H and O–H groups in total. The molecule has 2 heterocycles. The average Bonchev–Trinajstić information content (AvgIpc) is 3.13. The molecule has 0 bridgehead atoms. The van der Waals surface area contributed by atoms with Gasteiger partial charge in [0.05, 0.1) is 22.7 Å². The lowest BCUT2D eigenvalue weighted by atomic mass is 10.2. The number of carbonyl (C=O) groups excluding carboxylic acids is 1. The molecule has 2 aromatic heterocycles. The summed E-state index contributed by atoms with van der Waals surface area (Å²) in [5.41, 5.74) is 0.220. The van der Waals surface area contributed by atoms with Gasteiger partial charge in [-0.05, 0) is 48.5 Å². The maximum absolute atomic E-state index is 14.0. The van der Waals surface area contributed by atoms with E-state index < -0.39 is 23.6 Å². The Kier molecular flexibility index (Phi) is 4.82. The summed E-state index contributed by atoms with van der Waals surface area (Å²) in [6.45, 7) is 0. The second kappa shape index (κ2) is 7.47. The summed E-state index contributed by atoms with van der Waals surface area (Å²) in [5, 5.41) is 9.45. The highest BCUT2D eigenvalue weighted by atomic mass is 19.4. The highest BCUT2D eigenvalue weighted by Gasteiger charge is 2.30. The van der Waals surface area contributed by atoms with E-state index in [1.165, 1.54) is 29.2 Å². The van der Waals surface area contributed by atoms with Crippen LogP contribution in [0.25, 0.3) is 16.6 Å². The molecule has 30 heavy (non-hydrogen) atoms. The second-order valence-corrected chi connectivity index (χ2v) is 6.25. The lowest BCUT2D eigenvalue weighted by Gasteiger charge is -2.12. The quantitative estimate of drug-likeness (QED) is 0.451. The number of benzene rings is 2. The monoisotopic (exact) mass is 415 g/mol. The molecule has 0 unspecified atom stereocenters. The van der Waals surface area contributed by atoms with Crippen molar-refractivity contribution in [2.75, 3.05) is 10.6 Å². The molecule has 0 atom stereocenters. The number of fused-ring (bicyclic) bond motifs is 1. The van der Waals surface area contributed by atoms with E-state index in [-0.39, 0.29) is 11.5 Å². The molecule has 6 nitrogen and oxygen atoms in total. The Morgan fingerprint density at radius 1 is 0.967 bits per heavy atom. The fourth-order valence-electron chi connectivity index (χ4n) is 2.88. The standard InChI is InChI=1S/C20H13F4N5O/c21-15-3-1-4-16-14(15)11-26-29(16)17-5-2-10-25-18(17)28-19(30)27-13-8-6-12(7-9-13)20(22,23)24/h1-11H,(H2,25,27,28,30). The molecule has 4 aromatic rings. The third-order valence-corrected chi connectivity index (χ3v) is 4.28. The van der Waals surface area contributed by atoms with E-state index in [1.54, 1.807) is 18.2 Å². The molecular formula is C20H13F4N5O. The average molecular weight is 415 g/mol. The van der Waals surface area contributed by atoms with Gasteiger partial charge in [-0.15, -0.1) is 0 Å². The van der Waals surface area contributed by atoms with Crippen molar-refractivity contribution >= 4 is 28.4 Å². The summed E-state index contributed by atoms with van der Waals surface area (Å²) in [6.07, 6.45) is -1.65. The van der Waals surface area contributed by atoms with Crippen LogP contribution in [-0.4, -0.2) is 20.8 Å². The molecule has 0 saturated heterocycles. The minimum atomic E-state index is -4.46. The number of rotatable bonds is 3. The number of hydrogen-bond acceptors (Lipinski definition) is 3. The van der Waals surface area contributed by atoms with E-state index in [1.807, 2.05) is 0 Å². The maximum Gasteiger partial charge on any atom is 0.416 e. The molecule has 152 valence electrons. The molecule has 0 fully saturated rings. The molecule has 0 spiro atoms. The van der Waals surface area contributed by atoms with Crippen molar-refractivity contribution in [2.24, 2.45) is 0 Å². The molecule has 2 amide bonds. The first-order valence-electron chi connectivity index (χ1n) is 8.66. The number of nitrogens with zero attached hydrogens (tertiary/aromatic N) is 3. The van der Waals surface area contributed by atoms with E-state index in [2.05, 4.69) is 20.7 Å². The Morgan fingerprint density at radius 3 is 2.47 bits per heavy atom. The molecule has 10 heteroatoms. The Balaban J connectivity index is 1.57. The first-order chi connectivity index (χ1) is 14.3. The van der Waals surface area contributed by atoms with Crippen molar-refractivity contribution in [3.05, 3.63) is 78.4 Å². The number of carbonyl (C=O) groups is 1. The number of anilines is 2. The van der Waals surface area contributed by atoms with Crippen LogP contribution in [0.3, 0.4) is 0 Å². The summed E-state index contributed by atoms with van der Waals surface area (Å²) in [7, 11) is 0. The molecule has 0 saturated carbocycles. The summed E-state index contributed by atoms with van der Waals surface area (Å²) in [5.74, 6) is -0.298. The molecule has 0 aliphatic heterocycles. The zero-order chi connectivity index (χ0) is 21.3. The van der Waals surface area contributed by atoms with Crippen molar-refractivity contribution < 1.29 is 22.4 Å². The van der Waals surface area contributed by atoms with Gasteiger partial charge < -0.3 is 5.32 Å². The molecule has 0 aliphatic rings. The van der Waals surface area contributed by atoms with Gasteiger partial charge in [0.2, 0.25) is 0 Å². The van der Waals surface area contributed by atoms with Crippen molar-refractivity contribution in [1.29, 1.82) is 0 Å². The van der Waals surface area contributed by atoms with Gasteiger partial charge in [-0.2, -0.15) is 18.3 Å². The van der Waals surface area contributed by atoms with E-state index in [9.17, 15) is 22.4 Å². The number of hydrogen-bond donors (Lipinski definition) is 2. The van der Waals surface area contributed by atoms with E-state index in [0.717, 1.165) is 24.3 Å². The maximum atomic E-state index is 14.0. The largest absolute Gasteiger partial charge is 0.416 e. The van der Waals surface area contributed by atoms with Gasteiger partial charge in [-0.3, -0.25) is 5.32 Å². The third kappa shape index (κ3) is 3.79. The SMILES string of the molecule is O=C(Nc1ccc(C(F)(F)F)cc1)Nc1ncccc1-n1ncc2c(F)cccc21. The Hall–Kier alpha value is -3.95. The lowest BCUT2D eigenvalue weighted by molar-refractivity contribution is -0.137. The number of halogens is 4. The predicted octanol–water partition coefficient (Wildman–Crippen LogP) is 5.22. The second-order valence-electron chi connectivity index (χ2n) is 6.25. The van der Waals surface area contributed by atoms with Gasteiger partial charge in [0.15, 0.2) is 5.82 Å². The number of nitrogens with one attached hydrogen (secondary N) is 2. The number of urea groups is 1. The predicted molar refractivity (Wildman–Crippen MR) is 103 cm³/mol. The van der Waals surface area contributed by atoms with Crippen molar-refractivity contribution in [3.63, 3.8) is 0 Å². The van der Waals surface area contributed by atoms with Crippen LogP contribution < -0.4 is 10.6 Å². The zero-order valence-electron chi connectivity index (χ0n) is 15.1.